The third-order valence-electron chi connectivity index (χ3n) is 3.06. The Morgan fingerprint density at radius 1 is 1.38 bits per heavy atom. The molecule has 2 rings (SSSR count). The highest BCUT2D eigenvalue weighted by molar-refractivity contribution is 6.76. The van der Waals surface area contributed by atoms with Gasteiger partial charge in [0, 0.05) is 20.9 Å². The van der Waals surface area contributed by atoms with Crippen molar-refractivity contribution in [3.63, 3.8) is 0 Å². The number of aromatic nitrogens is 3. The van der Waals surface area contributed by atoms with Gasteiger partial charge in [-0.25, -0.2) is 18.4 Å². The van der Waals surface area contributed by atoms with Crippen molar-refractivity contribution >= 4 is 30.6 Å². The molecule has 0 aliphatic heterocycles. The van der Waals surface area contributed by atoms with Gasteiger partial charge in [0.25, 0.3) is 6.43 Å². The molecular formula is C13H18ClF2N3OSi. The molecule has 4 nitrogen and oxygen atoms in total. The molecule has 0 aliphatic carbocycles. The second kappa shape index (κ2) is 6.37. The Balaban J connectivity index is 2.19. The third kappa shape index (κ3) is 3.99. The molecule has 0 spiro atoms. The van der Waals surface area contributed by atoms with Crippen LogP contribution in [-0.2, 0) is 11.5 Å². The van der Waals surface area contributed by atoms with Crippen molar-refractivity contribution in [2.75, 3.05) is 6.61 Å². The number of hydrogen-bond donors (Lipinski definition) is 0. The first-order valence-corrected chi connectivity index (χ1v) is 10.7. The zero-order valence-corrected chi connectivity index (χ0v) is 14.0. The lowest BCUT2D eigenvalue weighted by Gasteiger charge is -2.15. The van der Waals surface area contributed by atoms with Crippen LogP contribution in [0.15, 0.2) is 12.3 Å². The molecule has 0 saturated heterocycles. The van der Waals surface area contributed by atoms with Crippen molar-refractivity contribution in [2.24, 2.45) is 0 Å². The molecule has 116 valence electrons. The lowest BCUT2D eigenvalue weighted by atomic mass is 10.2. The van der Waals surface area contributed by atoms with E-state index in [2.05, 4.69) is 29.7 Å². The Kier molecular flexibility index (Phi) is 4.95. The van der Waals surface area contributed by atoms with Crippen molar-refractivity contribution < 1.29 is 13.5 Å². The maximum Gasteiger partial charge on any atom is 0.282 e. The fraction of sp³-hybridized carbons (Fsp3) is 0.538. The number of hydrogen-bond acceptors (Lipinski definition) is 3. The molecule has 0 aliphatic rings. The minimum absolute atomic E-state index is 0.0381. The fourth-order valence-electron chi connectivity index (χ4n) is 1.89. The van der Waals surface area contributed by atoms with Gasteiger partial charge in [0.15, 0.2) is 0 Å². The number of fused-ring (bicyclic) bond motifs is 1. The smallest absolute Gasteiger partial charge is 0.282 e. The highest BCUT2D eigenvalue weighted by atomic mass is 35.5. The molecule has 21 heavy (non-hydrogen) atoms. The van der Waals surface area contributed by atoms with Crippen LogP contribution in [0.1, 0.15) is 12.1 Å². The minimum atomic E-state index is -2.70. The van der Waals surface area contributed by atoms with Crippen LogP contribution in [0.4, 0.5) is 8.78 Å². The van der Waals surface area contributed by atoms with Gasteiger partial charge in [-0.2, -0.15) is 5.10 Å². The molecule has 2 aromatic rings. The number of pyridine rings is 1. The standard InChI is InChI=1S/C13H18ClF2N3OSi/c1-21(2,3)7-6-20-8-19-9-4-5-17-12(14)10(9)11(18-19)13(15)16/h4-5,13H,6-8H2,1-3H3. The van der Waals surface area contributed by atoms with Crippen LogP contribution in [-0.4, -0.2) is 29.4 Å². The van der Waals surface area contributed by atoms with Crippen LogP contribution in [0.25, 0.3) is 10.9 Å². The topological polar surface area (TPSA) is 39.9 Å². The van der Waals surface area contributed by atoms with Crippen molar-refractivity contribution in [2.45, 2.75) is 38.8 Å². The van der Waals surface area contributed by atoms with Gasteiger partial charge >= 0.3 is 0 Å². The molecule has 0 radical (unpaired) electrons. The quantitative estimate of drug-likeness (QED) is 0.448. The maximum absolute atomic E-state index is 13.0. The summed E-state index contributed by atoms with van der Waals surface area (Å²) in [5, 5.41) is 4.15. The summed E-state index contributed by atoms with van der Waals surface area (Å²) in [6.07, 6.45) is -1.22. The first kappa shape index (κ1) is 16.3. The number of nitrogens with zero attached hydrogens (tertiary/aromatic N) is 3. The van der Waals surface area contributed by atoms with Crippen LogP contribution in [0.2, 0.25) is 30.8 Å². The van der Waals surface area contributed by atoms with Gasteiger partial charge in [-0.15, -0.1) is 0 Å². The highest BCUT2D eigenvalue weighted by Crippen LogP contribution is 2.31. The van der Waals surface area contributed by atoms with E-state index in [9.17, 15) is 8.78 Å². The highest BCUT2D eigenvalue weighted by Gasteiger charge is 2.21. The summed E-state index contributed by atoms with van der Waals surface area (Å²) >= 11 is 5.91. The predicted molar refractivity (Wildman–Crippen MR) is 81.6 cm³/mol. The molecule has 0 N–H and O–H groups in total. The van der Waals surface area contributed by atoms with E-state index in [0.717, 1.165) is 6.04 Å². The van der Waals surface area contributed by atoms with Crippen molar-refractivity contribution in [3.05, 3.63) is 23.1 Å². The minimum Gasteiger partial charge on any atom is -0.360 e. The predicted octanol–water partition coefficient (Wildman–Crippen LogP) is 4.33. The van der Waals surface area contributed by atoms with E-state index < -0.39 is 14.5 Å². The van der Waals surface area contributed by atoms with Crippen molar-refractivity contribution in [1.82, 2.24) is 14.8 Å². The number of ether oxygens (including phenoxy) is 1. The van der Waals surface area contributed by atoms with E-state index in [1.807, 2.05) is 0 Å². The second-order valence-electron chi connectivity index (χ2n) is 6.03. The monoisotopic (exact) mass is 333 g/mol. The van der Waals surface area contributed by atoms with Crippen LogP contribution < -0.4 is 0 Å². The second-order valence-corrected chi connectivity index (χ2v) is 12.0. The van der Waals surface area contributed by atoms with Gasteiger partial charge in [0.1, 0.15) is 17.6 Å². The maximum atomic E-state index is 13.0. The average molecular weight is 334 g/mol. The fourth-order valence-corrected chi connectivity index (χ4v) is 2.90. The number of rotatable bonds is 6. The molecule has 0 saturated carbocycles. The largest absolute Gasteiger partial charge is 0.360 e. The summed E-state index contributed by atoms with van der Waals surface area (Å²) in [5.74, 6) is 0. The molecule has 2 heterocycles. The number of alkyl halides is 2. The van der Waals surface area contributed by atoms with E-state index in [1.165, 1.54) is 10.9 Å². The van der Waals surface area contributed by atoms with Crippen LogP contribution >= 0.6 is 11.6 Å². The van der Waals surface area contributed by atoms with Gasteiger partial charge in [0.05, 0.1) is 10.9 Å². The molecule has 0 bridgehead atoms. The van der Waals surface area contributed by atoms with E-state index in [-0.39, 0.29) is 23.0 Å². The van der Waals surface area contributed by atoms with Gasteiger partial charge in [0.2, 0.25) is 0 Å². The zero-order chi connectivity index (χ0) is 15.6. The van der Waals surface area contributed by atoms with Gasteiger partial charge < -0.3 is 4.74 Å². The average Bonchev–Trinajstić information content (AvgIpc) is 2.74. The molecule has 8 heteroatoms. The number of halogens is 3. The van der Waals surface area contributed by atoms with Crippen LogP contribution in [0, 0.1) is 0 Å². The molecule has 2 aromatic heterocycles. The lowest BCUT2D eigenvalue weighted by Crippen LogP contribution is -2.22. The Morgan fingerprint density at radius 3 is 2.71 bits per heavy atom. The van der Waals surface area contributed by atoms with Crippen LogP contribution in [0.5, 0.6) is 0 Å². The SMILES string of the molecule is C[Si](C)(C)CCOCn1nc(C(F)F)c2c(Cl)nccc21. The summed E-state index contributed by atoms with van der Waals surface area (Å²) in [4.78, 5) is 3.84. The van der Waals surface area contributed by atoms with E-state index >= 15 is 0 Å². The first-order valence-electron chi connectivity index (χ1n) is 6.66. The Labute approximate surface area is 128 Å². The molecule has 0 atom stereocenters. The zero-order valence-electron chi connectivity index (χ0n) is 12.2. The van der Waals surface area contributed by atoms with E-state index in [0.29, 0.717) is 12.1 Å². The van der Waals surface area contributed by atoms with Gasteiger partial charge in [-0.1, -0.05) is 31.2 Å². The van der Waals surface area contributed by atoms with Crippen molar-refractivity contribution in [3.8, 4) is 0 Å². The Morgan fingerprint density at radius 2 is 2.10 bits per heavy atom. The molecule has 0 unspecified atom stereocenters. The normalized spacial score (nSPS) is 12.5. The Bertz CT molecular complexity index is 628. The molecule has 0 fully saturated rings. The molecule has 0 amide bonds. The van der Waals surface area contributed by atoms with Gasteiger partial charge in [-0.05, 0) is 12.1 Å². The summed E-state index contributed by atoms with van der Waals surface area (Å²) in [7, 11) is -1.18. The van der Waals surface area contributed by atoms with Crippen LogP contribution in [0.3, 0.4) is 0 Å². The third-order valence-corrected chi connectivity index (χ3v) is 5.05. The first-order chi connectivity index (χ1) is 9.79. The molecule has 0 aromatic carbocycles. The summed E-state index contributed by atoms with van der Waals surface area (Å²) in [6, 6.07) is 2.62. The van der Waals surface area contributed by atoms with Crippen molar-refractivity contribution in [1.29, 1.82) is 0 Å². The van der Waals surface area contributed by atoms with E-state index in [1.54, 1.807) is 6.07 Å². The Hall–Kier alpha value is -1.05. The summed E-state index contributed by atoms with van der Waals surface area (Å²) in [6.45, 7) is 7.48. The summed E-state index contributed by atoms with van der Waals surface area (Å²) in [5.41, 5.74) is 0.162. The summed E-state index contributed by atoms with van der Waals surface area (Å²) < 4.78 is 33.0. The van der Waals surface area contributed by atoms with E-state index in [4.69, 9.17) is 16.3 Å². The molecular weight excluding hydrogens is 316 g/mol. The lowest BCUT2D eigenvalue weighted by molar-refractivity contribution is 0.0789. The van der Waals surface area contributed by atoms with Gasteiger partial charge in [-0.3, -0.25) is 0 Å².